The van der Waals surface area contributed by atoms with Crippen LogP contribution in [0, 0.1) is 6.92 Å². The van der Waals surface area contributed by atoms with Gasteiger partial charge in [0.15, 0.2) is 16.6 Å². The van der Waals surface area contributed by atoms with Crippen molar-refractivity contribution in [2.24, 2.45) is 7.05 Å². The number of thiophene rings is 1. The molecule has 0 aliphatic rings. The van der Waals surface area contributed by atoms with Crippen LogP contribution in [0.4, 0.5) is 0 Å². The van der Waals surface area contributed by atoms with Gasteiger partial charge in [-0.2, -0.15) is 4.57 Å². The van der Waals surface area contributed by atoms with E-state index in [1.54, 1.807) is 11.3 Å². The molecule has 0 amide bonds. The van der Waals surface area contributed by atoms with Gasteiger partial charge in [0, 0.05) is 21.9 Å². The van der Waals surface area contributed by atoms with Gasteiger partial charge in [-0.15, -0.1) is 21.5 Å². The molecular formula is C36H38N5OS+. The zero-order chi connectivity index (χ0) is 30.4. The van der Waals surface area contributed by atoms with Crippen LogP contribution < -0.4 is 4.57 Å². The highest BCUT2D eigenvalue weighted by molar-refractivity contribution is 7.27. The van der Waals surface area contributed by atoms with Crippen LogP contribution in [0.15, 0.2) is 59.0 Å². The fraction of sp³-hybridized carbons (Fsp3) is 0.333. The van der Waals surface area contributed by atoms with Crippen molar-refractivity contribution in [3.63, 3.8) is 0 Å². The lowest BCUT2D eigenvalue weighted by atomic mass is 9.92. The molecule has 6 nitrogen and oxygen atoms in total. The third kappa shape index (κ3) is 4.12. The maximum absolute atomic E-state index is 6.10. The van der Waals surface area contributed by atoms with Gasteiger partial charge in [0.25, 0.3) is 11.5 Å². The summed E-state index contributed by atoms with van der Waals surface area (Å²) in [7, 11) is 2.19. The first-order chi connectivity index (χ1) is 20.5. The summed E-state index contributed by atoms with van der Waals surface area (Å²) in [6.07, 6.45) is 0. The summed E-state index contributed by atoms with van der Waals surface area (Å²) in [6.45, 7) is 17.7. The molecule has 0 aliphatic heterocycles. The van der Waals surface area contributed by atoms with Gasteiger partial charge in [-0.05, 0) is 36.5 Å². The molecule has 0 atom stereocenters. The fourth-order valence-electron chi connectivity index (χ4n) is 6.32. The van der Waals surface area contributed by atoms with E-state index in [0.29, 0.717) is 23.4 Å². The number of rotatable bonds is 4. The summed E-state index contributed by atoms with van der Waals surface area (Å²) in [6, 6.07) is 20.0. The second kappa shape index (κ2) is 9.71. The lowest BCUT2D eigenvalue weighted by molar-refractivity contribution is -0.633. The molecule has 4 heterocycles. The highest BCUT2D eigenvalue weighted by Gasteiger charge is 2.33. The third-order valence-corrected chi connectivity index (χ3v) is 9.77. The summed E-state index contributed by atoms with van der Waals surface area (Å²) in [4.78, 5) is 4.94. The first-order valence-corrected chi connectivity index (χ1v) is 15.9. The molecular weight excluding hydrogens is 550 g/mol. The Morgan fingerprint density at radius 3 is 2.21 bits per heavy atom. The Morgan fingerprint density at radius 2 is 1.53 bits per heavy atom. The van der Waals surface area contributed by atoms with Crippen LogP contribution in [0.1, 0.15) is 82.9 Å². The first-order valence-electron chi connectivity index (χ1n) is 15.1. The molecule has 43 heavy (non-hydrogen) atoms. The smallest absolute Gasteiger partial charge is 0.296 e. The van der Waals surface area contributed by atoms with E-state index in [9.17, 15) is 0 Å². The number of nitrogens with zero attached hydrogens (tertiary/aromatic N) is 5. The van der Waals surface area contributed by atoms with Crippen molar-refractivity contribution in [2.45, 2.75) is 72.6 Å². The third-order valence-electron chi connectivity index (χ3n) is 8.55. The Kier molecular flexibility index (Phi) is 6.26. The molecule has 7 heteroatoms. The van der Waals surface area contributed by atoms with Gasteiger partial charge in [0.2, 0.25) is 5.89 Å². The number of hydrogen-bond donors (Lipinski definition) is 0. The van der Waals surface area contributed by atoms with E-state index < -0.39 is 0 Å². The minimum atomic E-state index is -0.224. The Bertz CT molecular complexity index is 2180. The van der Waals surface area contributed by atoms with Crippen molar-refractivity contribution in [3.05, 3.63) is 77.2 Å². The highest BCUT2D eigenvalue weighted by atomic mass is 32.1. The lowest BCUT2D eigenvalue weighted by Gasteiger charge is -2.18. The molecule has 0 aliphatic carbocycles. The molecule has 218 valence electrons. The normalized spacial score (nSPS) is 12.7. The quantitative estimate of drug-likeness (QED) is 0.192. The molecule has 7 rings (SSSR count). The average molecular weight is 589 g/mol. The van der Waals surface area contributed by atoms with Crippen LogP contribution >= 0.6 is 11.3 Å². The monoisotopic (exact) mass is 588 g/mol. The Balaban J connectivity index is 1.64. The molecule has 0 unspecified atom stereocenters. The van der Waals surface area contributed by atoms with Gasteiger partial charge in [0.1, 0.15) is 11.2 Å². The van der Waals surface area contributed by atoms with Crippen LogP contribution in [0.5, 0.6) is 0 Å². The van der Waals surface area contributed by atoms with E-state index >= 15 is 0 Å². The average Bonchev–Trinajstić information content (AvgIpc) is 3.65. The predicted molar refractivity (Wildman–Crippen MR) is 178 cm³/mol. The lowest BCUT2D eigenvalue weighted by Crippen LogP contribution is -2.30. The molecule has 0 fully saturated rings. The first kappa shape index (κ1) is 27.7. The van der Waals surface area contributed by atoms with Gasteiger partial charge in [-0.3, -0.25) is 0 Å². The molecule has 0 radical (unpaired) electrons. The van der Waals surface area contributed by atoms with E-state index in [1.807, 2.05) is 0 Å². The van der Waals surface area contributed by atoms with Gasteiger partial charge in [0.05, 0.1) is 22.0 Å². The summed E-state index contributed by atoms with van der Waals surface area (Å²) in [5.41, 5.74) is 10.7. The van der Waals surface area contributed by atoms with Crippen molar-refractivity contribution < 1.29 is 8.98 Å². The number of hydrogen-bond acceptors (Lipinski definition) is 5. The maximum atomic E-state index is 6.10. The van der Waals surface area contributed by atoms with Gasteiger partial charge < -0.3 is 4.42 Å². The van der Waals surface area contributed by atoms with E-state index in [2.05, 4.69) is 131 Å². The van der Waals surface area contributed by atoms with Crippen molar-refractivity contribution in [1.82, 2.24) is 19.7 Å². The predicted octanol–water partition coefficient (Wildman–Crippen LogP) is 9.27. The Labute approximate surface area is 256 Å². The second-order valence-electron chi connectivity index (χ2n) is 13.3. The molecule has 0 bridgehead atoms. The number of fused-ring (bicyclic) bond motifs is 6. The van der Waals surface area contributed by atoms with Gasteiger partial charge >= 0.3 is 0 Å². The van der Waals surface area contributed by atoms with E-state index in [4.69, 9.17) is 14.5 Å². The summed E-state index contributed by atoms with van der Waals surface area (Å²) >= 11 is 1.74. The van der Waals surface area contributed by atoms with Crippen molar-refractivity contribution in [1.29, 1.82) is 0 Å². The van der Waals surface area contributed by atoms with Crippen LogP contribution in [-0.4, -0.2) is 19.7 Å². The SMILES string of the molecule is Cc1ccc2c(sc3c4nc(C(C)(C)C)oc4nnc23)c1-c1n(-c2c(C(C)C)cccc2C(C)C)c2ccccc2[n+]1C. The minimum Gasteiger partial charge on any atom is -0.420 e. The van der Waals surface area contributed by atoms with E-state index in [1.165, 1.54) is 43.7 Å². The topological polar surface area (TPSA) is 60.6 Å². The molecule has 0 N–H and O–H groups in total. The minimum absolute atomic E-state index is 0.224. The van der Waals surface area contributed by atoms with Crippen molar-refractivity contribution >= 4 is 53.9 Å². The number of benzene rings is 3. The highest BCUT2D eigenvalue weighted by Crippen LogP contribution is 2.45. The number of aryl methyl sites for hydroxylation is 2. The number of imidazole rings is 1. The van der Waals surface area contributed by atoms with Crippen LogP contribution in [0.3, 0.4) is 0 Å². The Morgan fingerprint density at radius 1 is 0.837 bits per heavy atom. The number of oxazole rings is 1. The van der Waals surface area contributed by atoms with Crippen LogP contribution in [0.25, 0.3) is 59.6 Å². The number of aromatic nitrogens is 5. The van der Waals surface area contributed by atoms with Gasteiger partial charge in [-0.1, -0.05) is 90.9 Å². The molecule has 4 aromatic heterocycles. The largest absolute Gasteiger partial charge is 0.420 e. The van der Waals surface area contributed by atoms with Crippen molar-refractivity contribution in [3.8, 4) is 17.1 Å². The Hall–Kier alpha value is -4.10. The fourth-order valence-corrected chi connectivity index (χ4v) is 7.63. The molecule has 3 aromatic carbocycles. The van der Waals surface area contributed by atoms with E-state index in [0.717, 1.165) is 26.9 Å². The summed E-state index contributed by atoms with van der Waals surface area (Å²) in [5.74, 6) is 2.56. The van der Waals surface area contributed by atoms with E-state index in [-0.39, 0.29) is 5.41 Å². The van der Waals surface area contributed by atoms with Crippen LogP contribution in [-0.2, 0) is 12.5 Å². The molecule has 0 spiro atoms. The zero-order valence-corrected chi connectivity index (χ0v) is 27.2. The molecule has 0 saturated heterocycles. The second-order valence-corrected chi connectivity index (χ2v) is 14.4. The van der Waals surface area contributed by atoms with Crippen LogP contribution in [0.2, 0.25) is 0 Å². The molecule has 7 aromatic rings. The molecule has 0 saturated carbocycles. The van der Waals surface area contributed by atoms with Crippen molar-refractivity contribution in [2.75, 3.05) is 0 Å². The maximum Gasteiger partial charge on any atom is 0.296 e. The van der Waals surface area contributed by atoms with Gasteiger partial charge in [-0.25, -0.2) is 9.55 Å². The standard InChI is InChI=1S/C36H38N5OS/c1-19(2)22-13-12-14-23(20(3)4)30(22)41-26-16-11-10-15-25(26)40(9)34(41)27-21(5)17-18-24-28-32(43-31(24)27)29-33(39-38-28)42-35(37-29)36(6,7)8/h10-20H,1-9H3/q+1. The number of para-hydroxylation sites is 3. The summed E-state index contributed by atoms with van der Waals surface area (Å²) in [5, 5.41) is 10.3. The zero-order valence-electron chi connectivity index (χ0n) is 26.4. The summed E-state index contributed by atoms with van der Waals surface area (Å²) < 4.78 is 13.2.